The molecule has 0 aromatic heterocycles. The summed E-state index contributed by atoms with van der Waals surface area (Å²) in [5, 5.41) is 14.2. The Morgan fingerprint density at radius 2 is 2.11 bits per heavy atom. The molecular formula is C13H19N3O2S. The summed E-state index contributed by atoms with van der Waals surface area (Å²) in [6.45, 7) is 5.04. The lowest BCUT2D eigenvalue weighted by Crippen LogP contribution is -2.24. The van der Waals surface area contributed by atoms with Gasteiger partial charge in [-0.25, -0.2) is 13.6 Å². The Morgan fingerprint density at radius 1 is 1.47 bits per heavy atom. The van der Waals surface area contributed by atoms with Crippen molar-refractivity contribution in [3.8, 4) is 6.07 Å². The van der Waals surface area contributed by atoms with Crippen LogP contribution in [0.4, 0.5) is 5.69 Å². The average molecular weight is 281 g/mol. The van der Waals surface area contributed by atoms with Crippen LogP contribution in [0.25, 0.3) is 0 Å². The zero-order valence-electron chi connectivity index (χ0n) is 11.4. The highest BCUT2D eigenvalue weighted by molar-refractivity contribution is 7.89. The van der Waals surface area contributed by atoms with Gasteiger partial charge in [-0.1, -0.05) is 20.3 Å². The molecule has 1 aromatic carbocycles. The Labute approximate surface area is 114 Å². The van der Waals surface area contributed by atoms with Crippen LogP contribution < -0.4 is 10.0 Å². The molecule has 0 fully saturated rings. The van der Waals surface area contributed by atoms with Crippen LogP contribution in [0.3, 0.4) is 0 Å². The lowest BCUT2D eigenvalue weighted by atomic mass is 10.1. The molecule has 104 valence electrons. The van der Waals surface area contributed by atoms with Gasteiger partial charge < -0.3 is 4.90 Å². The van der Waals surface area contributed by atoms with Crippen molar-refractivity contribution < 1.29 is 8.42 Å². The van der Waals surface area contributed by atoms with Crippen LogP contribution in [0.5, 0.6) is 0 Å². The van der Waals surface area contributed by atoms with Crippen LogP contribution in [0.1, 0.15) is 25.8 Å². The van der Waals surface area contributed by atoms with Crippen LogP contribution in [0.2, 0.25) is 0 Å². The molecule has 0 saturated carbocycles. The van der Waals surface area contributed by atoms with E-state index in [1.165, 1.54) is 12.1 Å². The number of anilines is 1. The maximum atomic E-state index is 11.3. The minimum Gasteiger partial charge on any atom is -0.373 e. The first-order chi connectivity index (χ1) is 8.79. The lowest BCUT2D eigenvalue weighted by Gasteiger charge is -2.24. The topological polar surface area (TPSA) is 87.2 Å². The van der Waals surface area contributed by atoms with Crippen molar-refractivity contribution in [1.29, 1.82) is 5.26 Å². The second-order valence-electron chi connectivity index (χ2n) is 4.73. The summed E-state index contributed by atoms with van der Waals surface area (Å²) in [6.07, 6.45) is 1.04. The van der Waals surface area contributed by atoms with Gasteiger partial charge in [-0.3, -0.25) is 0 Å². The highest BCUT2D eigenvalue weighted by Gasteiger charge is 2.14. The van der Waals surface area contributed by atoms with Gasteiger partial charge in [0.2, 0.25) is 10.0 Å². The van der Waals surface area contributed by atoms with E-state index in [0.717, 1.165) is 18.7 Å². The van der Waals surface area contributed by atoms with E-state index in [2.05, 4.69) is 13.8 Å². The van der Waals surface area contributed by atoms with Gasteiger partial charge in [0.05, 0.1) is 16.1 Å². The van der Waals surface area contributed by atoms with Crippen LogP contribution in [-0.4, -0.2) is 22.0 Å². The van der Waals surface area contributed by atoms with Crippen molar-refractivity contribution in [2.75, 3.05) is 18.5 Å². The van der Waals surface area contributed by atoms with E-state index < -0.39 is 10.0 Å². The molecule has 0 aliphatic rings. The maximum absolute atomic E-state index is 11.3. The predicted molar refractivity (Wildman–Crippen MR) is 75.3 cm³/mol. The quantitative estimate of drug-likeness (QED) is 0.889. The lowest BCUT2D eigenvalue weighted by molar-refractivity contribution is 0.559. The van der Waals surface area contributed by atoms with Crippen molar-refractivity contribution >= 4 is 15.7 Å². The first kappa shape index (κ1) is 15.5. The largest absolute Gasteiger partial charge is 0.373 e. The van der Waals surface area contributed by atoms with Crippen LogP contribution in [0, 0.1) is 17.2 Å². The molecule has 0 aliphatic carbocycles. The van der Waals surface area contributed by atoms with Gasteiger partial charge in [-0.2, -0.15) is 5.26 Å². The van der Waals surface area contributed by atoms with E-state index in [1.807, 2.05) is 18.0 Å². The normalized spacial score (nSPS) is 12.8. The molecule has 1 atom stereocenters. The number of primary sulfonamides is 1. The molecule has 1 aromatic rings. The van der Waals surface area contributed by atoms with Gasteiger partial charge in [0.15, 0.2) is 0 Å². The standard InChI is InChI=1S/C13H19N3O2S/c1-4-10(2)9-16(3)13-6-5-12(19(15,17)18)7-11(13)8-14/h5-7,10H,4,9H2,1-3H3,(H2,15,17,18). The van der Waals surface area contributed by atoms with Crippen molar-refractivity contribution in [3.05, 3.63) is 23.8 Å². The van der Waals surface area contributed by atoms with Gasteiger partial charge in [-0.15, -0.1) is 0 Å². The number of sulfonamides is 1. The van der Waals surface area contributed by atoms with E-state index >= 15 is 0 Å². The van der Waals surface area contributed by atoms with E-state index in [9.17, 15) is 8.42 Å². The minimum atomic E-state index is -3.78. The number of hydrogen-bond acceptors (Lipinski definition) is 4. The molecule has 1 rings (SSSR count). The smallest absolute Gasteiger partial charge is 0.238 e. The predicted octanol–water partition coefficient (Wildman–Crippen LogP) is 1.69. The number of rotatable bonds is 5. The van der Waals surface area contributed by atoms with Gasteiger partial charge in [0.1, 0.15) is 6.07 Å². The third-order valence-electron chi connectivity index (χ3n) is 3.11. The van der Waals surface area contributed by atoms with Gasteiger partial charge in [0.25, 0.3) is 0 Å². The molecule has 0 heterocycles. The fraction of sp³-hybridized carbons (Fsp3) is 0.462. The first-order valence-corrected chi connectivity index (χ1v) is 7.62. The molecule has 0 radical (unpaired) electrons. The van der Waals surface area contributed by atoms with Gasteiger partial charge >= 0.3 is 0 Å². The van der Waals surface area contributed by atoms with Gasteiger partial charge in [-0.05, 0) is 24.1 Å². The fourth-order valence-electron chi connectivity index (χ4n) is 1.81. The van der Waals surface area contributed by atoms with Crippen LogP contribution in [0.15, 0.2) is 23.1 Å². The average Bonchev–Trinajstić information content (AvgIpc) is 2.36. The first-order valence-electron chi connectivity index (χ1n) is 6.07. The molecule has 0 saturated heterocycles. The third kappa shape index (κ3) is 3.94. The van der Waals surface area contributed by atoms with Crippen molar-refractivity contribution in [3.63, 3.8) is 0 Å². The van der Waals surface area contributed by atoms with E-state index in [1.54, 1.807) is 6.07 Å². The third-order valence-corrected chi connectivity index (χ3v) is 4.02. The molecule has 0 amide bonds. The highest BCUT2D eigenvalue weighted by Crippen LogP contribution is 2.23. The zero-order valence-corrected chi connectivity index (χ0v) is 12.2. The summed E-state index contributed by atoms with van der Waals surface area (Å²) in [6, 6.07) is 6.39. The van der Waals surface area contributed by atoms with Crippen molar-refractivity contribution in [1.82, 2.24) is 0 Å². The SMILES string of the molecule is CCC(C)CN(C)c1ccc(S(N)(=O)=O)cc1C#N. The molecule has 6 heteroatoms. The summed E-state index contributed by atoms with van der Waals surface area (Å²) in [7, 11) is -1.89. The number of nitriles is 1. The Bertz CT molecular complexity index is 590. The van der Waals surface area contributed by atoms with Gasteiger partial charge in [0, 0.05) is 13.6 Å². The van der Waals surface area contributed by atoms with Crippen LogP contribution >= 0.6 is 0 Å². The van der Waals surface area contributed by atoms with E-state index in [-0.39, 0.29) is 4.90 Å². The Balaban J connectivity index is 3.14. The zero-order chi connectivity index (χ0) is 14.6. The highest BCUT2D eigenvalue weighted by atomic mass is 32.2. The van der Waals surface area contributed by atoms with E-state index in [4.69, 9.17) is 10.4 Å². The summed E-state index contributed by atoms with van der Waals surface area (Å²) >= 11 is 0. The molecular weight excluding hydrogens is 262 g/mol. The minimum absolute atomic E-state index is 0.0373. The molecule has 0 spiro atoms. The molecule has 1 unspecified atom stereocenters. The Kier molecular flexibility index (Phi) is 4.92. The van der Waals surface area contributed by atoms with Crippen LogP contribution in [-0.2, 0) is 10.0 Å². The Morgan fingerprint density at radius 3 is 2.58 bits per heavy atom. The monoisotopic (exact) mass is 281 g/mol. The molecule has 0 aliphatic heterocycles. The molecule has 19 heavy (non-hydrogen) atoms. The number of benzene rings is 1. The summed E-state index contributed by atoms with van der Waals surface area (Å²) < 4.78 is 22.5. The summed E-state index contributed by atoms with van der Waals surface area (Å²) in [4.78, 5) is 1.92. The number of hydrogen-bond donors (Lipinski definition) is 1. The maximum Gasteiger partial charge on any atom is 0.238 e. The molecule has 2 N–H and O–H groups in total. The van der Waals surface area contributed by atoms with Crippen molar-refractivity contribution in [2.45, 2.75) is 25.2 Å². The number of nitrogens with two attached hydrogens (primary N) is 1. The van der Waals surface area contributed by atoms with E-state index in [0.29, 0.717) is 11.5 Å². The summed E-state index contributed by atoms with van der Waals surface area (Å²) in [5.74, 6) is 0.495. The fourth-order valence-corrected chi connectivity index (χ4v) is 2.35. The summed E-state index contributed by atoms with van der Waals surface area (Å²) in [5.41, 5.74) is 1.03. The van der Waals surface area contributed by atoms with Crippen molar-refractivity contribution in [2.24, 2.45) is 11.1 Å². The Hall–Kier alpha value is -1.58. The molecule has 0 bridgehead atoms. The second kappa shape index (κ2) is 6.04. The second-order valence-corrected chi connectivity index (χ2v) is 6.29. The molecule has 5 nitrogen and oxygen atoms in total. The number of nitrogens with zero attached hydrogens (tertiary/aromatic N) is 2.